The van der Waals surface area contributed by atoms with Crippen molar-refractivity contribution >= 4 is 5.97 Å². The Morgan fingerprint density at radius 1 is 0.880 bits per heavy atom. The van der Waals surface area contributed by atoms with Gasteiger partial charge in [-0.3, -0.25) is 0 Å². The van der Waals surface area contributed by atoms with Crippen LogP contribution in [-0.2, 0) is 6.42 Å². The lowest BCUT2D eigenvalue weighted by atomic mass is 10.0. The van der Waals surface area contributed by atoms with Crippen molar-refractivity contribution < 1.29 is 14.6 Å². The van der Waals surface area contributed by atoms with Crippen molar-refractivity contribution in [3.63, 3.8) is 0 Å². The zero-order valence-corrected chi connectivity index (χ0v) is 15.0. The molecule has 0 saturated carbocycles. The molecule has 2 rings (SSSR count). The molecule has 0 atom stereocenters. The highest BCUT2D eigenvalue weighted by Gasteiger charge is 2.14. The lowest BCUT2D eigenvalue weighted by molar-refractivity contribution is 0.0730. The number of phenolic OH excluding ortho intramolecular Hbond substituents is 1. The van der Waals surface area contributed by atoms with Crippen molar-refractivity contribution in [2.45, 2.75) is 58.3 Å². The van der Waals surface area contributed by atoms with Crippen molar-refractivity contribution in [1.82, 2.24) is 0 Å². The summed E-state index contributed by atoms with van der Waals surface area (Å²) >= 11 is 0. The van der Waals surface area contributed by atoms with E-state index in [1.807, 2.05) is 24.3 Å². The smallest absolute Gasteiger partial charge is 0.347 e. The second-order valence-electron chi connectivity index (χ2n) is 6.39. The molecule has 0 aliphatic heterocycles. The van der Waals surface area contributed by atoms with Crippen molar-refractivity contribution in [2.24, 2.45) is 0 Å². The number of phenols is 1. The van der Waals surface area contributed by atoms with E-state index in [0.717, 1.165) is 18.4 Å². The number of unbranched alkanes of at least 4 members (excludes halogenated alkanes) is 6. The van der Waals surface area contributed by atoms with Gasteiger partial charge in [0.2, 0.25) is 0 Å². The molecular formula is C22H28O3. The van der Waals surface area contributed by atoms with Gasteiger partial charge < -0.3 is 9.84 Å². The van der Waals surface area contributed by atoms with E-state index in [9.17, 15) is 9.90 Å². The summed E-state index contributed by atoms with van der Waals surface area (Å²) in [5.41, 5.74) is 1.23. The average molecular weight is 340 g/mol. The largest absolute Gasteiger partial charge is 0.507 e. The average Bonchev–Trinajstić information content (AvgIpc) is 2.62. The van der Waals surface area contributed by atoms with E-state index in [2.05, 4.69) is 6.92 Å². The standard InChI is InChI=1S/C22H28O3/c1-2-3-4-5-6-7-8-13-18-14-9-12-17-21(18)25-22(24)19-15-10-11-16-20(19)23/h9-12,14-17,23H,2-8,13H2,1H3. The fourth-order valence-electron chi connectivity index (χ4n) is 2.88. The highest BCUT2D eigenvalue weighted by atomic mass is 16.5. The zero-order chi connectivity index (χ0) is 17.9. The van der Waals surface area contributed by atoms with Gasteiger partial charge in [0.15, 0.2) is 0 Å². The number of aromatic hydroxyl groups is 1. The van der Waals surface area contributed by atoms with Crippen LogP contribution in [0.5, 0.6) is 11.5 Å². The van der Waals surface area contributed by atoms with E-state index in [1.54, 1.807) is 18.2 Å². The Bertz CT molecular complexity index is 664. The van der Waals surface area contributed by atoms with Crippen LogP contribution in [-0.4, -0.2) is 11.1 Å². The molecule has 2 aromatic rings. The van der Waals surface area contributed by atoms with Crippen molar-refractivity contribution in [3.05, 3.63) is 59.7 Å². The number of esters is 1. The van der Waals surface area contributed by atoms with Crippen LogP contribution in [0.15, 0.2) is 48.5 Å². The molecule has 0 aliphatic rings. The van der Waals surface area contributed by atoms with Gasteiger partial charge in [-0.15, -0.1) is 0 Å². The normalized spacial score (nSPS) is 10.6. The molecule has 0 spiro atoms. The molecule has 3 heteroatoms. The van der Waals surface area contributed by atoms with Gasteiger partial charge in [-0.05, 0) is 36.6 Å². The van der Waals surface area contributed by atoms with Gasteiger partial charge >= 0.3 is 5.97 Å². The summed E-state index contributed by atoms with van der Waals surface area (Å²) in [6, 6.07) is 14.1. The Kier molecular flexibility index (Phi) is 8.03. The number of hydrogen-bond acceptors (Lipinski definition) is 3. The summed E-state index contributed by atoms with van der Waals surface area (Å²) in [7, 11) is 0. The monoisotopic (exact) mass is 340 g/mol. The quantitative estimate of drug-likeness (QED) is 0.332. The maximum absolute atomic E-state index is 12.3. The van der Waals surface area contributed by atoms with Crippen LogP contribution in [0.2, 0.25) is 0 Å². The third-order valence-electron chi connectivity index (χ3n) is 4.35. The van der Waals surface area contributed by atoms with Crippen LogP contribution in [0.25, 0.3) is 0 Å². The Morgan fingerprint density at radius 2 is 1.52 bits per heavy atom. The predicted molar refractivity (Wildman–Crippen MR) is 101 cm³/mol. The summed E-state index contributed by atoms with van der Waals surface area (Å²) < 4.78 is 5.52. The van der Waals surface area contributed by atoms with Crippen molar-refractivity contribution in [1.29, 1.82) is 0 Å². The van der Waals surface area contributed by atoms with Crippen molar-refractivity contribution in [2.75, 3.05) is 0 Å². The first-order valence-corrected chi connectivity index (χ1v) is 9.30. The molecule has 0 heterocycles. The third-order valence-corrected chi connectivity index (χ3v) is 4.35. The zero-order valence-electron chi connectivity index (χ0n) is 15.0. The van der Waals surface area contributed by atoms with E-state index in [4.69, 9.17) is 4.74 Å². The summed E-state index contributed by atoms with van der Waals surface area (Å²) in [6.07, 6.45) is 9.68. The molecule has 0 radical (unpaired) electrons. The Labute approximate surface area is 150 Å². The molecule has 0 unspecified atom stereocenters. The van der Waals surface area contributed by atoms with E-state index in [0.29, 0.717) is 5.75 Å². The summed E-state index contributed by atoms with van der Waals surface area (Å²) in [6.45, 7) is 2.23. The number of para-hydroxylation sites is 2. The molecule has 2 aromatic carbocycles. The Morgan fingerprint density at radius 3 is 2.28 bits per heavy atom. The molecule has 134 valence electrons. The van der Waals surface area contributed by atoms with E-state index < -0.39 is 5.97 Å². The van der Waals surface area contributed by atoms with Crippen LogP contribution in [0.1, 0.15) is 67.8 Å². The van der Waals surface area contributed by atoms with E-state index >= 15 is 0 Å². The molecule has 0 aliphatic carbocycles. The van der Waals surface area contributed by atoms with Gasteiger partial charge in [-0.2, -0.15) is 0 Å². The first-order chi connectivity index (χ1) is 12.2. The lowest BCUT2D eigenvalue weighted by Gasteiger charge is -2.10. The Hall–Kier alpha value is -2.29. The van der Waals surface area contributed by atoms with Gasteiger partial charge in [0.25, 0.3) is 0 Å². The number of rotatable bonds is 10. The SMILES string of the molecule is CCCCCCCCCc1ccccc1OC(=O)c1ccccc1O. The number of carbonyl (C=O) groups is 1. The summed E-state index contributed by atoms with van der Waals surface area (Å²) in [5, 5.41) is 9.79. The minimum absolute atomic E-state index is 0.0583. The van der Waals surface area contributed by atoms with Crippen LogP contribution in [0, 0.1) is 0 Å². The van der Waals surface area contributed by atoms with Crippen LogP contribution < -0.4 is 4.74 Å². The third kappa shape index (κ3) is 6.26. The minimum atomic E-state index is -0.523. The first-order valence-electron chi connectivity index (χ1n) is 9.30. The second kappa shape index (κ2) is 10.5. The molecule has 1 N–H and O–H groups in total. The van der Waals surface area contributed by atoms with Gasteiger partial charge in [0.05, 0.1) is 0 Å². The van der Waals surface area contributed by atoms with Gasteiger partial charge in [-0.1, -0.05) is 75.8 Å². The fourth-order valence-corrected chi connectivity index (χ4v) is 2.88. The molecule has 0 saturated heterocycles. The second-order valence-corrected chi connectivity index (χ2v) is 6.39. The summed E-state index contributed by atoms with van der Waals surface area (Å²) in [4.78, 5) is 12.3. The maximum atomic E-state index is 12.3. The number of benzene rings is 2. The highest BCUT2D eigenvalue weighted by molar-refractivity contribution is 5.93. The number of carbonyl (C=O) groups excluding carboxylic acids is 1. The molecular weight excluding hydrogens is 312 g/mol. The van der Waals surface area contributed by atoms with E-state index in [1.165, 1.54) is 44.6 Å². The molecule has 0 fully saturated rings. The fraction of sp³-hybridized carbons (Fsp3) is 0.409. The van der Waals surface area contributed by atoms with Gasteiger partial charge in [0, 0.05) is 0 Å². The molecule has 0 aromatic heterocycles. The van der Waals surface area contributed by atoms with E-state index in [-0.39, 0.29) is 11.3 Å². The summed E-state index contributed by atoms with van der Waals surface area (Å²) in [5.74, 6) is 0.00362. The van der Waals surface area contributed by atoms with Gasteiger partial charge in [0.1, 0.15) is 17.1 Å². The number of hydrogen-bond donors (Lipinski definition) is 1. The molecule has 25 heavy (non-hydrogen) atoms. The molecule has 0 amide bonds. The van der Waals surface area contributed by atoms with Gasteiger partial charge in [-0.25, -0.2) is 4.79 Å². The predicted octanol–water partition coefficient (Wildman–Crippen LogP) is 5.90. The number of ether oxygens (including phenoxy) is 1. The highest BCUT2D eigenvalue weighted by Crippen LogP contribution is 2.24. The number of aryl methyl sites for hydroxylation is 1. The maximum Gasteiger partial charge on any atom is 0.347 e. The molecule has 3 nitrogen and oxygen atoms in total. The van der Waals surface area contributed by atoms with Crippen molar-refractivity contribution in [3.8, 4) is 11.5 Å². The van der Waals surface area contributed by atoms with Crippen LogP contribution >= 0.6 is 0 Å². The minimum Gasteiger partial charge on any atom is -0.507 e. The topological polar surface area (TPSA) is 46.5 Å². The van der Waals surface area contributed by atoms with Crippen LogP contribution in [0.3, 0.4) is 0 Å². The lowest BCUT2D eigenvalue weighted by Crippen LogP contribution is -2.10. The Balaban J connectivity index is 1.88. The molecule has 0 bridgehead atoms. The first kappa shape index (κ1) is 19.0. The van der Waals surface area contributed by atoms with Crippen LogP contribution in [0.4, 0.5) is 0 Å².